The van der Waals surface area contributed by atoms with Gasteiger partial charge in [-0.3, -0.25) is 0 Å². The van der Waals surface area contributed by atoms with Crippen molar-refractivity contribution in [2.45, 2.75) is 17.9 Å². The first-order valence-corrected chi connectivity index (χ1v) is 9.19. The monoisotopic (exact) mass is 375 g/mol. The third-order valence-corrected chi connectivity index (χ3v) is 6.09. The van der Waals surface area contributed by atoms with Crippen LogP contribution in [0.25, 0.3) is 0 Å². The Bertz CT molecular complexity index is 519. The maximum atomic E-state index is 6.15. The van der Waals surface area contributed by atoms with Gasteiger partial charge >= 0.3 is 0 Å². The summed E-state index contributed by atoms with van der Waals surface area (Å²) in [7, 11) is 0. The molecule has 19 heavy (non-hydrogen) atoms. The lowest BCUT2D eigenvalue weighted by Gasteiger charge is -2.17. The smallest absolute Gasteiger partial charge is 0.107 e. The van der Waals surface area contributed by atoms with E-state index in [1.165, 1.54) is 15.3 Å². The molecule has 1 atom stereocenters. The van der Waals surface area contributed by atoms with Crippen LogP contribution in [0.3, 0.4) is 0 Å². The summed E-state index contributed by atoms with van der Waals surface area (Å²) >= 11 is 13.0. The van der Waals surface area contributed by atoms with Crippen molar-refractivity contribution >= 4 is 50.6 Å². The summed E-state index contributed by atoms with van der Waals surface area (Å²) in [4.78, 5) is 2.51. The van der Waals surface area contributed by atoms with Crippen molar-refractivity contribution in [1.82, 2.24) is 5.32 Å². The first-order valence-electron chi connectivity index (χ1n) is 5.97. The molecule has 0 amide bonds. The normalized spacial score (nSPS) is 12.6. The van der Waals surface area contributed by atoms with E-state index in [4.69, 9.17) is 11.6 Å². The molecule has 0 fully saturated rings. The largest absolute Gasteiger partial charge is 0.306 e. The molecule has 1 N–H and O–H groups in total. The summed E-state index contributed by atoms with van der Waals surface area (Å²) in [6, 6.07) is 11.0. The molecule has 0 saturated carbocycles. The number of thioether (sulfide) groups is 1. The molecule has 1 unspecified atom stereocenters. The minimum absolute atomic E-state index is 0.203. The summed E-state index contributed by atoms with van der Waals surface area (Å²) < 4.78 is 1.77. The second-order valence-corrected chi connectivity index (χ2v) is 7.45. The van der Waals surface area contributed by atoms with E-state index in [1.54, 1.807) is 23.1 Å². The fraction of sp³-hybridized carbons (Fsp3) is 0.286. The second-order valence-electron chi connectivity index (χ2n) is 4.03. The highest BCUT2D eigenvalue weighted by molar-refractivity contribution is 9.10. The average molecular weight is 377 g/mol. The van der Waals surface area contributed by atoms with Gasteiger partial charge in [-0.25, -0.2) is 0 Å². The van der Waals surface area contributed by atoms with Crippen LogP contribution in [0.5, 0.6) is 0 Å². The Morgan fingerprint density at radius 2 is 2.05 bits per heavy atom. The third-order valence-electron chi connectivity index (χ3n) is 2.81. The van der Waals surface area contributed by atoms with Gasteiger partial charge in [0.2, 0.25) is 0 Å². The zero-order valence-corrected chi connectivity index (χ0v) is 14.7. The topological polar surface area (TPSA) is 12.0 Å². The Balaban J connectivity index is 2.33. The van der Waals surface area contributed by atoms with Gasteiger partial charge in [0.05, 0.1) is 6.04 Å². The highest BCUT2D eigenvalue weighted by atomic mass is 79.9. The summed E-state index contributed by atoms with van der Waals surface area (Å²) in [6.07, 6.45) is 2.09. The predicted molar refractivity (Wildman–Crippen MR) is 90.8 cm³/mol. The molecule has 102 valence electrons. The summed E-state index contributed by atoms with van der Waals surface area (Å²) in [5.41, 5.74) is 1.27. The van der Waals surface area contributed by atoms with Crippen LogP contribution < -0.4 is 5.32 Å². The van der Waals surface area contributed by atoms with Crippen LogP contribution in [0.2, 0.25) is 4.34 Å². The van der Waals surface area contributed by atoms with Gasteiger partial charge in [0.1, 0.15) is 4.34 Å². The Labute approximate surface area is 135 Å². The summed E-state index contributed by atoms with van der Waals surface area (Å²) in [6.45, 7) is 3.04. The van der Waals surface area contributed by atoms with Crippen molar-refractivity contribution in [2.24, 2.45) is 0 Å². The Hall–Kier alpha value is -0.000000000000000139. The number of thiophene rings is 1. The van der Waals surface area contributed by atoms with Crippen LogP contribution >= 0.6 is 50.6 Å². The molecule has 0 bridgehead atoms. The Morgan fingerprint density at radius 3 is 2.53 bits per heavy atom. The highest BCUT2D eigenvalue weighted by Gasteiger charge is 2.17. The third kappa shape index (κ3) is 3.76. The van der Waals surface area contributed by atoms with E-state index in [0.717, 1.165) is 15.4 Å². The lowest BCUT2D eigenvalue weighted by atomic mass is 10.1. The molecule has 2 rings (SSSR count). The summed E-state index contributed by atoms with van der Waals surface area (Å²) in [5, 5.41) is 3.52. The van der Waals surface area contributed by atoms with Gasteiger partial charge in [-0.1, -0.05) is 30.7 Å². The minimum Gasteiger partial charge on any atom is -0.306 e. The standard InChI is InChI=1S/C14H15BrClNS2/c1-3-17-13(12-8-11(15)14(16)19-12)9-4-6-10(18-2)7-5-9/h4-8,13,17H,3H2,1-2H3. The van der Waals surface area contributed by atoms with Crippen molar-refractivity contribution in [2.75, 3.05) is 12.8 Å². The van der Waals surface area contributed by atoms with Crippen molar-refractivity contribution in [1.29, 1.82) is 0 Å². The molecule has 0 radical (unpaired) electrons. The molecule has 2 aromatic rings. The fourth-order valence-electron chi connectivity index (χ4n) is 1.89. The molecule has 1 heterocycles. The summed E-state index contributed by atoms with van der Waals surface area (Å²) in [5.74, 6) is 0. The second kappa shape index (κ2) is 7.14. The van der Waals surface area contributed by atoms with Gasteiger partial charge < -0.3 is 5.32 Å². The van der Waals surface area contributed by atoms with Gasteiger partial charge in [-0.15, -0.1) is 23.1 Å². The molecule has 5 heteroatoms. The van der Waals surface area contributed by atoms with Crippen LogP contribution in [-0.2, 0) is 0 Å². The molecule has 0 saturated heterocycles. The van der Waals surface area contributed by atoms with Crippen molar-refractivity contribution < 1.29 is 0 Å². The number of hydrogen-bond donors (Lipinski definition) is 1. The maximum absolute atomic E-state index is 6.15. The van der Waals surface area contributed by atoms with E-state index in [9.17, 15) is 0 Å². The Morgan fingerprint density at radius 1 is 1.37 bits per heavy atom. The zero-order chi connectivity index (χ0) is 13.8. The van der Waals surface area contributed by atoms with Crippen LogP contribution in [-0.4, -0.2) is 12.8 Å². The Kier molecular flexibility index (Phi) is 5.78. The van der Waals surface area contributed by atoms with E-state index < -0.39 is 0 Å². The molecule has 0 aliphatic rings. The van der Waals surface area contributed by atoms with E-state index >= 15 is 0 Å². The van der Waals surface area contributed by atoms with E-state index in [0.29, 0.717) is 0 Å². The molecule has 1 aromatic carbocycles. The van der Waals surface area contributed by atoms with Gasteiger partial charge in [0, 0.05) is 14.2 Å². The predicted octanol–water partition coefficient (Wildman–Crippen LogP) is 5.58. The lowest BCUT2D eigenvalue weighted by molar-refractivity contribution is 0.639. The van der Waals surface area contributed by atoms with Crippen LogP contribution in [0.4, 0.5) is 0 Å². The molecular formula is C14H15BrClNS2. The van der Waals surface area contributed by atoms with E-state index in [1.807, 2.05) is 0 Å². The van der Waals surface area contributed by atoms with Gasteiger partial charge in [-0.2, -0.15) is 0 Å². The zero-order valence-electron chi connectivity index (χ0n) is 10.7. The first kappa shape index (κ1) is 15.4. The maximum Gasteiger partial charge on any atom is 0.107 e. The van der Waals surface area contributed by atoms with E-state index in [2.05, 4.69) is 64.8 Å². The van der Waals surface area contributed by atoms with Gasteiger partial charge in [0.15, 0.2) is 0 Å². The van der Waals surface area contributed by atoms with Crippen LogP contribution in [0.15, 0.2) is 39.7 Å². The minimum atomic E-state index is 0.203. The molecular weight excluding hydrogens is 362 g/mol. The lowest BCUT2D eigenvalue weighted by Crippen LogP contribution is -2.20. The van der Waals surface area contributed by atoms with Crippen molar-refractivity contribution in [3.05, 3.63) is 49.6 Å². The highest BCUT2D eigenvalue weighted by Crippen LogP contribution is 2.37. The van der Waals surface area contributed by atoms with E-state index in [-0.39, 0.29) is 6.04 Å². The number of halogens is 2. The average Bonchev–Trinajstić information content (AvgIpc) is 2.76. The number of benzene rings is 1. The molecule has 0 spiro atoms. The fourth-order valence-corrected chi connectivity index (χ4v) is 4.14. The molecule has 0 aliphatic carbocycles. The van der Waals surface area contributed by atoms with Gasteiger partial charge in [0.25, 0.3) is 0 Å². The van der Waals surface area contributed by atoms with Gasteiger partial charge in [-0.05, 0) is 52.5 Å². The number of hydrogen-bond acceptors (Lipinski definition) is 3. The van der Waals surface area contributed by atoms with Crippen LogP contribution in [0, 0.1) is 0 Å². The van der Waals surface area contributed by atoms with Crippen molar-refractivity contribution in [3.63, 3.8) is 0 Å². The number of nitrogens with one attached hydrogen (secondary N) is 1. The quantitative estimate of drug-likeness (QED) is 0.683. The molecule has 1 aromatic heterocycles. The van der Waals surface area contributed by atoms with Crippen molar-refractivity contribution in [3.8, 4) is 0 Å². The first-order chi connectivity index (χ1) is 9.15. The van der Waals surface area contributed by atoms with Crippen LogP contribution in [0.1, 0.15) is 23.4 Å². The molecule has 0 aliphatic heterocycles. The number of rotatable bonds is 5. The SMILES string of the molecule is CCNC(c1ccc(SC)cc1)c1cc(Br)c(Cl)s1. The molecule has 1 nitrogen and oxygen atoms in total.